The number of Topliss-reactive ketones (excluding diaryl/α,β-unsaturated/α-hetero) is 1. The van der Waals surface area contributed by atoms with Gasteiger partial charge in [0.05, 0.1) is 37.6 Å². The Bertz CT molecular complexity index is 891. The van der Waals surface area contributed by atoms with E-state index in [1.165, 1.54) is 51.7 Å². The third kappa shape index (κ3) is 5.32. The lowest BCUT2D eigenvalue weighted by molar-refractivity contribution is 0.0526. The highest BCUT2D eigenvalue weighted by Crippen LogP contribution is 2.33. The van der Waals surface area contributed by atoms with Crippen molar-refractivity contribution in [3.05, 3.63) is 53.1 Å². The van der Waals surface area contributed by atoms with Crippen molar-refractivity contribution in [2.75, 3.05) is 39.9 Å². The van der Waals surface area contributed by atoms with Crippen LogP contribution < -0.4 is 14.8 Å². The maximum Gasteiger partial charge on any atom is 0.338 e. The van der Waals surface area contributed by atoms with Gasteiger partial charge in [-0.15, -0.1) is 0 Å². The van der Waals surface area contributed by atoms with E-state index in [1.54, 1.807) is 13.0 Å². The Labute approximate surface area is 168 Å². The zero-order valence-corrected chi connectivity index (χ0v) is 16.7. The zero-order chi connectivity index (χ0) is 21.4. The van der Waals surface area contributed by atoms with Crippen LogP contribution in [-0.2, 0) is 9.47 Å². The van der Waals surface area contributed by atoms with E-state index < -0.39 is 11.9 Å². The van der Waals surface area contributed by atoms with Crippen LogP contribution in [0.2, 0.25) is 0 Å². The number of hydrogen-bond donors (Lipinski definition) is 1. The summed E-state index contributed by atoms with van der Waals surface area (Å²) in [5, 5.41) is 2.70. The molecule has 29 heavy (non-hydrogen) atoms. The number of amides is 1. The molecule has 0 heterocycles. The average molecular weight is 401 g/mol. The molecule has 0 aromatic heterocycles. The minimum absolute atomic E-state index is 0.173. The van der Waals surface area contributed by atoms with Gasteiger partial charge in [0.1, 0.15) is 18.1 Å². The Hall–Kier alpha value is -3.39. The second-order valence-electron chi connectivity index (χ2n) is 5.86. The van der Waals surface area contributed by atoms with Crippen LogP contribution in [0.25, 0.3) is 0 Å². The summed E-state index contributed by atoms with van der Waals surface area (Å²) in [5.74, 6) is -0.644. The molecule has 0 aliphatic heterocycles. The van der Waals surface area contributed by atoms with Crippen molar-refractivity contribution in [2.45, 2.75) is 6.92 Å². The number of anilines is 1. The number of ketones is 1. The van der Waals surface area contributed by atoms with E-state index in [4.69, 9.17) is 18.9 Å². The van der Waals surface area contributed by atoms with Gasteiger partial charge in [0.25, 0.3) is 5.91 Å². The van der Waals surface area contributed by atoms with Gasteiger partial charge in [0, 0.05) is 24.8 Å². The quantitative estimate of drug-likeness (QED) is 0.509. The van der Waals surface area contributed by atoms with E-state index in [9.17, 15) is 14.4 Å². The summed E-state index contributed by atoms with van der Waals surface area (Å²) in [6, 6.07) is 9.06. The Morgan fingerprint density at radius 1 is 0.931 bits per heavy atom. The Kier molecular flexibility index (Phi) is 7.73. The number of rotatable bonds is 9. The van der Waals surface area contributed by atoms with Crippen LogP contribution in [0.15, 0.2) is 36.4 Å². The van der Waals surface area contributed by atoms with E-state index in [0.29, 0.717) is 16.9 Å². The molecule has 154 valence electrons. The summed E-state index contributed by atoms with van der Waals surface area (Å²) in [5.41, 5.74) is 1.03. The highest BCUT2D eigenvalue weighted by atomic mass is 16.5. The minimum Gasteiger partial charge on any atom is -0.497 e. The third-order valence-corrected chi connectivity index (χ3v) is 3.99. The minimum atomic E-state index is -0.470. The summed E-state index contributed by atoms with van der Waals surface area (Å²) in [6.07, 6.45) is 0. The van der Waals surface area contributed by atoms with Gasteiger partial charge < -0.3 is 24.3 Å². The van der Waals surface area contributed by atoms with Crippen LogP contribution in [0.5, 0.6) is 11.5 Å². The normalized spacial score (nSPS) is 10.2. The maximum absolute atomic E-state index is 12.7. The molecule has 0 radical (unpaired) electrons. The molecule has 2 aromatic rings. The zero-order valence-electron chi connectivity index (χ0n) is 16.7. The summed E-state index contributed by atoms with van der Waals surface area (Å²) in [7, 11) is 4.28. The smallest absolute Gasteiger partial charge is 0.338 e. The van der Waals surface area contributed by atoms with Crippen LogP contribution in [0.1, 0.15) is 38.0 Å². The Balaban J connectivity index is 2.35. The number of carbonyl (C=O) groups is 3. The summed E-state index contributed by atoms with van der Waals surface area (Å²) < 4.78 is 20.4. The van der Waals surface area contributed by atoms with Crippen LogP contribution in [0, 0.1) is 0 Å². The monoisotopic (exact) mass is 401 g/mol. The molecular formula is C21H23NO7. The SMILES string of the molecule is CCOC(=O)c1ccc(C(=O)Nc2cc(OC)cc(OC)c2C(=O)COC)cc1. The molecule has 0 saturated heterocycles. The Morgan fingerprint density at radius 2 is 1.59 bits per heavy atom. The first-order valence-corrected chi connectivity index (χ1v) is 8.81. The number of hydrogen-bond acceptors (Lipinski definition) is 7. The molecule has 0 atom stereocenters. The highest BCUT2D eigenvalue weighted by Gasteiger charge is 2.21. The van der Waals surface area contributed by atoms with Gasteiger partial charge in [-0.25, -0.2) is 4.79 Å². The molecule has 8 nitrogen and oxygen atoms in total. The fourth-order valence-electron chi connectivity index (χ4n) is 2.63. The van der Waals surface area contributed by atoms with Crippen LogP contribution in [-0.4, -0.2) is 52.2 Å². The molecule has 0 spiro atoms. The van der Waals surface area contributed by atoms with Gasteiger partial charge in [0.15, 0.2) is 5.78 Å². The second kappa shape index (κ2) is 10.2. The molecule has 0 bridgehead atoms. The predicted molar refractivity (Wildman–Crippen MR) is 106 cm³/mol. The van der Waals surface area contributed by atoms with Crippen molar-refractivity contribution >= 4 is 23.3 Å². The second-order valence-corrected chi connectivity index (χ2v) is 5.86. The highest BCUT2D eigenvalue weighted by molar-refractivity contribution is 6.11. The van der Waals surface area contributed by atoms with Crippen LogP contribution in [0.4, 0.5) is 5.69 Å². The Morgan fingerprint density at radius 3 is 2.14 bits per heavy atom. The molecule has 0 aliphatic rings. The lowest BCUT2D eigenvalue weighted by Gasteiger charge is -2.16. The summed E-state index contributed by atoms with van der Waals surface area (Å²) in [4.78, 5) is 36.9. The van der Waals surface area contributed by atoms with E-state index >= 15 is 0 Å². The van der Waals surface area contributed by atoms with Crippen LogP contribution in [0.3, 0.4) is 0 Å². The van der Waals surface area contributed by atoms with E-state index in [2.05, 4.69) is 5.32 Å². The van der Waals surface area contributed by atoms with Crippen molar-refractivity contribution < 1.29 is 33.3 Å². The summed E-state index contributed by atoms with van der Waals surface area (Å²) in [6.45, 7) is 1.79. The number of benzene rings is 2. The molecular weight excluding hydrogens is 378 g/mol. The van der Waals surface area contributed by atoms with Crippen molar-refractivity contribution in [2.24, 2.45) is 0 Å². The molecule has 0 unspecified atom stereocenters. The largest absolute Gasteiger partial charge is 0.497 e. The van der Waals surface area contributed by atoms with Gasteiger partial charge in [-0.2, -0.15) is 0 Å². The fraction of sp³-hybridized carbons (Fsp3) is 0.286. The molecule has 0 fully saturated rings. The van der Waals surface area contributed by atoms with Gasteiger partial charge in [-0.1, -0.05) is 0 Å². The molecule has 2 aromatic carbocycles. The van der Waals surface area contributed by atoms with E-state index in [0.717, 1.165) is 0 Å². The number of nitrogens with one attached hydrogen (secondary N) is 1. The van der Waals surface area contributed by atoms with Crippen molar-refractivity contribution in [1.29, 1.82) is 0 Å². The number of carbonyl (C=O) groups excluding carboxylic acids is 3. The fourth-order valence-corrected chi connectivity index (χ4v) is 2.63. The van der Waals surface area contributed by atoms with Crippen molar-refractivity contribution in [3.8, 4) is 11.5 Å². The summed E-state index contributed by atoms with van der Waals surface area (Å²) >= 11 is 0. The topological polar surface area (TPSA) is 100 Å². The number of ether oxygens (including phenoxy) is 4. The standard InChI is InChI=1S/C21H23NO7/c1-5-29-21(25)14-8-6-13(7-9-14)20(24)22-16-10-15(27-3)11-18(28-4)19(16)17(23)12-26-2/h6-11H,5,12H2,1-4H3,(H,22,24). The average Bonchev–Trinajstić information content (AvgIpc) is 2.73. The van der Waals surface area contributed by atoms with Crippen LogP contribution >= 0.6 is 0 Å². The van der Waals surface area contributed by atoms with Gasteiger partial charge in [0.2, 0.25) is 0 Å². The molecule has 8 heteroatoms. The third-order valence-electron chi connectivity index (χ3n) is 3.99. The number of methoxy groups -OCH3 is 3. The first kappa shape index (κ1) is 21.9. The lowest BCUT2D eigenvalue weighted by atomic mass is 10.1. The number of esters is 1. The molecule has 1 amide bonds. The lowest BCUT2D eigenvalue weighted by Crippen LogP contribution is -2.18. The van der Waals surface area contributed by atoms with Gasteiger partial charge >= 0.3 is 5.97 Å². The maximum atomic E-state index is 12.7. The predicted octanol–water partition coefficient (Wildman–Crippen LogP) is 2.96. The molecule has 0 aliphatic carbocycles. The van der Waals surface area contributed by atoms with E-state index in [1.807, 2.05) is 0 Å². The first-order valence-electron chi connectivity index (χ1n) is 8.81. The van der Waals surface area contributed by atoms with Gasteiger partial charge in [-0.05, 0) is 31.2 Å². The van der Waals surface area contributed by atoms with Crippen molar-refractivity contribution in [3.63, 3.8) is 0 Å². The van der Waals surface area contributed by atoms with E-state index in [-0.39, 0.29) is 36.0 Å². The first-order chi connectivity index (χ1) is 13.9. The van der Waals surface area contributed by atoms with Gasteiger partial charge in [-0.3, -0.25) is 9.59 Å². The molecule has 1 N–H and O–H groups in total. The molecule has 0 saturated carbocycles. The van der Waals surface area contributed by atoms with Crippen molar-refractivity contribution in [1.82, 2.24) is 0 Å². The molecule has 2 rings (SSSR count).